The first-order valence-electron chi connectivity index (χ1n) is 10.3. The van der Waals surface area contributed by atoms with E-state index in [1.165, 1.54) is 34.4 Å². The summed E-state index contributed by atoms with van der Waals surface area (Å²) in [7, 11) is 3.79. The van der Waals surface area contributed by atoms with Crippen LogP contribution in [0.1, 0.15) is 13.8 Å². The predicted octanol–water partition coefficient (Wildman–Crippen LogP) is 1.23. The topological polar surface area (TPSA) is 87.8 Å². The second-order valence-electron chi connectivity index (χ2n) is 7.28. The fraction of sp³-hybridized carbons (Fsp3) is 0.286. The molecule has 33 heavy (non-hydrogen) atoms. The molecular formula is C21H21N6O3S3+. The molecule has 0 unspecified atom stereocenters. The van der Waals surface area contributed by atoms with E-state index in [2.05, 4.69) is 4.98 Å². The maximum atomic E-state index is 13.3. The molecule has 0 aromatic carbocycles. The fourth-order valence-electron chi connectivity index (χ4n) is 3.53. The molecule has 1 fully saturated rings. The molecule has 0 atom stereocenters. The average molecular weight is 502 g/mol. The number of nitrogens with zero attached hydrogens (tertiary/aromatic N) is 6. The van der Waals surface area contributed by atoms with E-state index < -0.39 is 0 Å². The van der Waals surface area contributed by atoms with Gasteiger partial charge in [-0.2, -0.15) is 4.98 Å². The number of amidine groups is 1. The monoisotopic (exact) mass is 501 g/mol. The number of aliphatic imine (C=N–C) groups is 1. The van der Waals surface area contributed by atoms with E-state index in [9.17, 15) is 9.59 Å². The normalized spacial score (nSPS) is 19.5. The first-order chi connectivity index (χ1) is 15.9. The molecule has 0 radical (unpaired) electrons. The van der Waals surface area contributed by atoms with Crippen LogP contribution in [0.4, 0.5) is 10.9 Å². The summed E-state index contributed by atoms with van der Waals surface area (Å²) in [5, 5.41) is 3.35. The Morgan fingerprint density at radius 1 is 1.24 bits per heavy atom. The zero-order chi connectivity index (χ0) is 23.3. The third-order valence-corrected chi connectivity index (χ3v) is 8.46. The van der Waals surface area contributed by atoms with Gasteiger partial charge in [0.15, 0.2) is 15.8 Å². The second-order valence-corrected chi connectivity index (χ2v) is 10.1. The molecule has 5 rings (SSSR count). The number of anilines is 1. The van der Waals surface area contributed by atoms with E-state index >= 15 is 0 Å². The highest BCUT2D eigenvalue weighted by Gasteiger charge is 2.38. The minimum absolute atomic E-state index is 0.153. The molecule has 0 bridgehead atoms. The van der Waals surface area contributed by atoms with Gasteiger partial charge >= 0.3 is 5.13 Å². The van der Waals surface area contributed by atoms with E-state index in [0.29, 0.717) is 43.6 Å². The van der Waals surface area contributed by atoms with Crippen LogP contribution in [0.5, 0.6) is 0 Å². The lowest BCUT2D eigenvalue weighted by atomic mass is 10.4. The molecule has 2 aliphatic heterocycles. The van der Waals surface area contributed by atoms with Gasteiger partial charge in [-0.1, -0.05) is 11.3 Å². The Balaban J connectivity index is 1.75. The molecule has 3 aromatic heterocycles. The van der Waals surface area contributed by atoms with Gasteiger partial charge in [0.05, 0.1) is 7.05 Å². The quantitative estimate of drug-likeness (QED) is 0.502. The van der Waals surface area contributed by atoms with E-state index in [4.69, 9.17) is 9.41 Å². The smallest absolute Gasteiger partial charge is 0.384 e. The lowest BCUT2D eigenvalue weighted by molar-refractivity contribution is -0.653. The Hall–Kier alpha value is -2.96. The SMILES string of the molecule is CCN1C(=O)C(=c2s/c(=c3/nc4c(o3)=CC=CN4C)c(=O)n2CC)SC1=Nc1scc[n+]1C. The minimum atomic E-state index is -0.217. The van der Waals surface area contributed by atoms with Gasteiger partial charge in [0, 0.05) is 31.7 Å². The summed E-state index contributed by atoms with van der Waals surface area (Å²) in [6.45, 7) is 4.71. The largest absolute Gasteiger partial charge is 0.433 e. The summed E-state index contributed by atoms with van der Waals surface area (Å²) < 4.78 is 10.4. The Labute approximate surface area is 200 Å². The zero-order valence-corrected chi connectivity index (χ0v) is 20.9. The van der Waals surface area contributed by atoms with Crippen molar-refractivity contribution >= 4 is 67.4 Å². The van der Waals surface area contributed by atoms with Crippen molar-refractivity contribution in [1.82, 2.24) is 14.5 Å². The highest BCUT2D eigenvalue weighted by molar-refractivity contribution is 8.23. The van der Waals surface area contributed by atoms with Crippen LogP contribution >= 0.6 is 34.4 Å². The van der Waals surface area contributed by atoms with E-state index in [-0.39, 0.29) is 17.0 Å². The lowest BCUT2D eigenvalue weighted by Gasteiger charge is -2.10. The molecular weight excluding hydrogens is 480 g/mol. The Morgan fingerprint density at radius 2 is 2.06 bits per heavy atom. The molecule has 0 saturated carbocycles. The average Bonchev–Trinajstić information content (AvgIpc) is 3.54. The second kappa shape index (κ2) is 8.43. The summed E-state index contributed by atoms with van der Waals surface area (Å²) in [6, 6.07) is 0. The van der Waals surface area contributed by atoms with Crippen LogP contribution in [-0.4, -0.2) is 39.1 Å². The van der Waals surface area contributed by atoms with Gasteiger partial charge in [-0.3, -0.25) is 19.1 Å². The van der Waals surface area contributed by atoms with E-state index in [1.807, 2.05) is 67.3 Å². The predicted molar refractivity (Wildman–Crippen MR) is 131 cm³/mol. The molecule has 1 amide bonds. The van der Waals surface area contributed by atoms with Gasteiger partial charge in [-0.15, -0.1) is 11.3 Å². The Morgan fingerprint density at radius 3 is 2.73 bits per heavy atom. The van der Waals surface area contributed by atoms with Gasteiger partial charge in [0.25, 0.3) is 16.6 Å². The number of hydrogen-bond donors (Lipinski definition) is 0. The fourth-order valence-corrected chi connectivity index (χ4v) is 6.67. The molecule has 1 saturated heterocycles. The third kappa shape index (κ3) is 3.58. The summed E-state index contributed by atoms with van der Waals surface area (Å²) >= 11 is 4.03. The number of hydrogen-bond acceptors (Lipinski definition) is 9. The number of thioether (sulfide) groups is 1. The number of thiazole rings is 2. The zero-order valence-electron chi connectivity index (χ0n) is 18.4. The molecule has 0 aliphatic carbocycles. The van der Waals surface area contributed by atoms with Gasteiger partial charge < -0.3 is 9.32 Å². The van der Waals surface area contributed by atoms with Crippen molar-refractivity contribution in [3.8, 4) is 0 Å². The van der Waals surface area contributed by atoms with Crippen LogP contribution in [0.25, 0.3) is 11.0 Å². The molecule has 0 N–H and O–H groups in total. The molecule has 12 heteroatoms. The summed E-state index contributed by atoms with van der Waals surface area (Å²) in [4.78, 5) is 39.8. The van der Waals surface area contributed by atoms with Crippen molar-refractivity contribution in [2.45, 2.75) is 20.4 Å². The molecule has 3 aromatic rings. The van der Waals surface area contributed by atoms with Gasteiger partial charge in [-0.05, 0) is 42.8 Å². The first-order valence-corrected chi connectivity index (χ1v) is 12.8. The number of carbonyl (C=O) groups excluding carboxylic acids is 1. The lowest BCUT2D eigenvalue weighted by Crippen LogP contribution is -2.32. The number of aromatic nitrogens is 3. The van der Waals surface area contributed by atoms with Crippen LogP contribution < -0.4 is 25.1 Å². The van der Waals surface area contributed by atoms with E-state index in [1.54, 1.807) is 9.47 Å². The Bertz CT molecular complexity index is 1610. The molecule has 5 heterocycles. The standard InChI is InChI=1S/C21H21N6O3S3/c1-5-26-17(28)13(16-22-15-12(30-16)8-7-9-24(15)3)32-19(26)14-18(29)27(6-2)21(33-14)23-20-25(4)10-11-31-20/h7-11H,5-6H2,1-4H3/q+1/b16-13-,19-14?. The highest BCUT2D eigenvalue weighted by Crippen LogP contribution is 2.33. The van der Waals surface area contributed by atoms with Crippen LogP contribution in [0.15, 0.2) is 38.1 Å². The maximum Gasteiger partial charge on any atom is 0.384 e. The first kappa shape index (κ1) is 21.9. The summed E-state index contributed by atoms with van der Waals surface area (Å²) in [5.41, 5.74) is 0.644. The summed E-state index contributed by atoms with van der Waals surface area (Å²) in [6.07, 6.45) is 7.47. The number of rotatable bonds is 3. The van der Waals surface area contributed by atoms with Crippen LogP contribution in [0.3, 0.4) is 0 Å². The Kier molecular flexibility index (Phi) is 5.59. The van der Waals surface area contributed by atoms with Crippen LogP contribution in [0.2, 0.25) is 0 Å². The van der Waals surface area contributed by atoms with Crippen molar-refractivity contribution < 1.29 is 13.8 Å². The summed E-state index contributed by atoms with van der Waals surface area (Å²) in [5.74, 6) is 0.499. The van der Waals surface area contributed by atoms with Gasteiger partial charge in [-0.25, -0.2) is 4.57 Å². The number of aryl methyl sites for hydroxylation is 1. The van der Waals surface area contributed by atoms with Crippen LogP contribution in [-0.2, 0) is 18.4 Å². The van der Waals surface area contributed by atoms with Crippen molar-refractivity contribution in [3.05, 3.63) is 54.4 Å². The minimum Gasteiger partial charge on any atom is -0.433 e. The molecule has 9 nitrogen and oxygen atoms in total. The van der Waals surface area contributed by atoms with Gasteiger partial charge in [0.1, 0.15) is 15.8 Å². The van der Waals surface area contributed by atoms with Gasteiger partial charge in [0.2, 0.25) is 5.55 Å². The third-order valence-electron chi connectivity index (χ3n) is 5.24. The maximum absolute atomic E-state index is 13.3. The number of oxazole rings is 1. The van der Waals surface area contributed by atoms with Crippen molar-refractivity contribution in [2.24, 2.45) is 12.0 Å². The molecule has 170 valence electrons. The number of fused-ring (bicyclic) bond motifs is 1. The van der Waals surface area contributed by atoms with Crippen molar-refractivity contribution in [3.63, 3.8) is 0 Å². The molecule has 0 spiro atoms. The number of allylic oxidation sites excluding steroid dienone is 1. The van der Waals surface area contributed by atoms with Crippen LogP contribution in [0, 0.1) is 10.1 Å². The van der Waals surface area contributed by atoms with E-state index in [0.717, 1.165) is 5.13 Å². The number of carbonyl (C=O) groups is 1. The highest BCUT2D eigenvalue weighted by atomic mass is 32.2. The molecule has 2 aliphatic rings. The van der Waals surface area contributed by atoms with Crippen molar-refractivity contribution in [2.75, 3.05) is 18.5 Å². The van der Waals surface area contributed by atoms with Crippen molar-refractivity contribution in [1.29, 1.82) is 0 Å². The number of amides is 1.